The van der Waals surface area contributed by atoms with Crippen LogP contribution in [0.4, 0.5) is 0 Å². The van der Waals surface area contributed by atoms with Gasteiger partial charge in [0.25, 0.3) is 0 Å². The molecule has 0 saturated heterocycles. The summed E-state index contributed by atoms with van der Waals surface area (Å²) in [6.07, 6.45) is 8.80. The zero-order valence-corrected chi connectivity index (χ0v) is 16.6. The van der Waals surface area contributed by atoms with E-state index in [9.17, 15) is 4.79 Å². The fourth-order valence-electron chi connectivity index (χ4n) is 3.34. The highest BCUT2D eigenvalue weighted by atomic mass is 16.1. The van der Waals surface area contributed by atoms with E-state index in [2.05, 4.69) is 10.1 Å². The van der Waals surface area contributed by atoms with Crippen LogP contribution in [0.5, 0.6) is 0 Å². The highest BCUT2D eigenvalue weighted by Crippen LogP contribution is 2.25. The SMILES string of the molecule is Cc1nn(C)c(C)c1C(=O)C=Cc1cn(-c2ccccc2)nc1-c1ccncc1. The minimum Gasteiger partial charge on any atom is -0.289 e. The van der Waals surface area contributed by atoms with Crippen molar-refractivity contribution in [2.75, 3.05) is 0 Å². The highest BCUT2D eigenvalue weighted by Gasteiger charge is 2.16. The Hall–Kier alpha value is -3.80. The molecule has 3 aromatic heterocycles. The number of benzene rings is 1. The van der Waals surface area contributed by atoms with E-state index in [0.29, 0.717) is 5.56 Å². The van der Waals surface area contributed by atoms with Gasteiger partial charge in [-0.05, 0) is 50.3 Å². The van der Waals surface area contributed by atoms with Gasteiger partial charge in [0, 0.05) is 42.5 Å². The molecule has 4 aromatic rings. The van der Waals surface area contributed by atoms with Gasteiger partial charge in [0.05, 0.1) is 16.9 Å². The van der Waals surface area contributed by atoms with Gasteiger partial charge in [0.15, 0.2) is 5.78 Å². The molecule has 0 amide bonds. The molecule has 3 heterocycles. The van der Waals surface area contributed by atoms with Crippen molar-refractivity contribution in [1.29, 1.82) is 0 Å². The van der Waals surface area contributed by atoms with Crippen molar-refractivity contribution in [3.05, 3.63) is 89.6 Å². The second kappa shape index (κ2) is 7.67. The first kappa shape index (κ1) is 18.6. The average molecular weight is 383 g/mol. The standard InChI is InChI=1S/C23H21N5O/c1-16-22(17(2)27(3)25-16)21(29)10-9-19-15-28(20-7-5-4-6-8-20)26-23(19)18-11-13-24-14-12-18/h4-15H,1-3H3. The molecule has 0 saturated carbocycles. The molecule has 0 atom stereocenters. The molecule has 0 aliphatic rings. The Morgan fingerprint density at radius 1 is 1.00 bits per heavy atom. The van der Waals surface area contributed by atoms with Crippen molar-refractivity contribution >= 4 is 11.9 Å². The molecular weight excluding hydrogens is 362 g/mol. The lowest BCUT2D eigenvalue weighted by Gasteiger charge is -2.00. The number of rotatable bonds is 5. The Labute approximate surface area is 169 Å². The summed E-state index contributed by atoms with van der Waals surface area (Å²) < 4.78 is 3.55. The van der Waals surface area contributed by atoms with Gasteiger partial charge in [-0.3, -0.25) is 14.5 Å². The molecule has 0 spiro atoms. The van der Waals surface area contributed by atoms with Crippen LogP contribution in [0.25, 0.3) is 23.0 Å². The van der Waals surface area contributed by atoms with Gasteiger partial charge in [-0.15, -0.1) is 0 Å². The lowest BCUT2D eigenvalue weighted by molar-refractivity contribution is 0.104. The monoisotopic (exact) mass is 383 g/mol. The molecule has 4 rings (SSSR count). The van der Waals surface area contributed by atoms with Crippen LogP contribution in [0.2, 0.25) is 0 Å². The number of ketones is 1. The number of carbonyl (C=O) groups excluding carboxylic acids is 1. The Bertz CT molecular complexity index is 1190. The van der Waals surface area contributed by atoms with Crippen molar-refractivity contribution in [3.8, 4) is 16.9 Å². The maximum absolute atomic E-state index is 12.8. The van der Waals surface area contributed by atoms with Gasteiger partial charge in [0.2, 0.25) is 0 Å². The van der Waals surface area contributed by atoms with E-state index in [1.807, 2.05) is 80.3 Å². The predicted molar refractivity (Wildman–Crippen MR) is 113 cm³/mol. The van der Waals surface area contributed by atoms with Crippen molar-refractivity contribution in [3.63, 3.8) is 0 Å². The summed E-state index contributed by atoms with van der Waals surface area (Å²) in [6, 6.07) is 13.7. The van der Waals surface area contributed by atoms with Crippen molar-refractivity contribution < 1.29 is 4.79 Å². The molecule has 29 heavy (non-hydrogen) atoms. The maximum Gasteiger partial charge on any atom is 0.189 e. The van der Waals surface area contributed by atoms with E-state index in [0.717, 1.165) is 33.9 Å². The Morgan fingerprint density at radius 3 is 2.38 bits per heavy atom. The van der Waals surface area contributed by atoms with E-state index in [1.165, 1.54) is 0 Å². The molecule has 6 heteroatoms. The zero-order valence-electron chi connectivity index (χ0n) is 16.6. The molecular formula is C23H21N5O. The van der Waals surface area contributed by atoms with Gasteiger partial charge >= 0.3 is 0 Å². The average Bonchev–Trinajstić information content (AvgIpc) is 3.28. The number of aromatic nitrogens is 5. The summed E-state index contributed by atoms with van der Waals surface area (Å²) in [5.74, 6) is -0.0683. The first-order chi connectivity index (χ1) is 14.0. The molecule has 0 bridgehead atoms. The zero-order chi connectivity index (χ0) is 20.4. The normalized spacial score (nSPS) is 11.3. The Morgan fingerprint density at radius 2 is 1.72 bits per heavy atom. The smallest absolute Gasteiger partial charge is 0.189 e. The second-order valence-corrected chi connectivity index (χ2v) is 6.82. The Balaban J connectivity index is 1.75. The molecule has 0 aliphatic heterocycles. The maximum atomic E-state index is 12.8. The number of hydrogen-bond acceptors (Lipinski definition) is 4. The predicted octanol–water partition coefficient (Wildman–Crippen LogP) is 4.18. The number of nitrogens with zero attached hydrogens (tertiary/aromatic N) is 5. The van der Waals surface area contributed by atoms with E-state index >= 15 is 0 Å². The number of para-hydroxylation sites is 1. The third kappa shape index (κ3) is 3.65. The van der Waals surface area contributed by atoms with Crippen LogP contribution in [0.15, 0.2) is 67.1 Å². The molecule has 0 N–H and O–H groups in total. The summed E-state index contributed by atoms with van der Waals surface area (Å²) in [4.78, 5) is 16.9. The van der Waals surface area contributed by atoms with Crippen molar-refractivity contribution in [1.82, 2.24) is 24.5 Å². The van der Waals surface area contributed by atoms with Crippen molar-refractivity contribution in [2.24, 2.45) is 7.05 Å². The summed E-state index contributed by atoms with van der Waals surface area (Å²) in [7, 11) is 1.84. The van der Waals surface area contributed by atoms with Crippen LogP contribution >= 0.6 is 0 Å². The van der Waals surface area contributed by atoms with Crippen LogP contribution in [0, 0.1) is 13.8 Å². The summed E-state index contributed by atoms with van der Waals surface area (Å²) >= 11 is 0. The second-order valence-electron chi connectivity index (χ2n) is 6.82. The van der Waals surface area contributed by atoms with Gasteiger partial charge < -0.3 is 0 Å². The third-order valence-corrected chi connectivity index (χ3v) is 4.89. The molecule has 0 fully saturated rings. The van der Waals surface area contributed by atoms with Crippen LogP contribution in [0.3, 0.4) is 0 Å². The highest BCUT2D eigenvalue weighted by molar-refractivity contribution is 6.08. The summed E-state index contributed by atoms with van der Waals surface area (Å²) in [5, 5.41) is 9.08. The molecule has 144 valence electrons. The minimum atomic E-state index is -0.0683. The lowest BCUT2D eigenvalue weighted by Crippen LogP contribution is -1.99. The topological polar surface area (TPSA) is 65.6 Å². The van der Waals surface area contributed by atoms with Crippen LogP contribution in [-0.2, 0) is 7.05 Å². The summed E-state index contributed by atoms with van der Waals surface area (Å²) in [5.41, 5.74) is 5.76. The Kier molecular flexibility index (Phi) is 4.91. The quantitative estimate of drug-likeness (QED) is 0.383. The lowest BCUT2D eigenvalue weighted by atomic mass is 10.1. The molecule has 0 unspecified atom stereocenters. The van der Waals surface area contributed by atoms with Crippen molar-refractivity contribution in [2.45, 2.75) is 13.8 Å². The number of allylic oxidation sites excluding steroid dienone is 1. The van der Waals surface area contributed by atoms with Crippen LogP contribution in [-0.4, -0.2) is 30.3 Å². The van der Waals surface area contributed by atoms with E-state index < -0.39 is 0 Å². The minimum absolute atomic E-state index is 0.0683. The van der Waals surface area contributed by atoms with Gasteiger partial charge in [0.1, 0.15) is 5.69 Å². The van der Waals surface area contributed by atoms with Gasteiger partial charge in [-0.1, -0.05) is 18.2 Å². The van der Waals surface area contributed by atoms with E-state index in [-0.39, 0.29) is 5.78 Å². The van der Waals surface area contributed by atoms with E-state index in [1.54, 1.807) is 23.2 Å². The number of pyridine rings is 1. The number of carbonyl (C=O) groups is 1. The molecule has 6 nitrogen and oxygen atoms in total. The largest absolute Gasteiger partial charge is 0.289 e. The van der Waals surface area contributed by atoms with E-state index in [4.69, 9.17) is 5.10 Å². The number of aryl methyl sites for hydroxylation is 2. The fraction of sp³-hybridized carbons (Fsp3) is 0.130. The first-order valence-electron chi connectivity index (χ1n) is 9.32. The molecule has 0 aliphatic carbocycles. The first-order valence-corrected chi connectivity index (χ1v) is 9.32. The van der Waals surface area contributed by atoms with Crippen LogP contribution in [0.1, 0.15) is 27.3 Å². The fourth-order valence-corrected chi connectivity index (χ4v) is 3.34. The third-order valence-electron chi connectivity index (χ3n) is 4.89. The number of hydrogen-bond donors (Lipinski definition) is 0. The van der Waals surface area contributed by atoms with Gasteiger partial charge in [-0.25, -0.2) is 4.68 Å². The van der Waals surface area contributed by atoms with Gasteiger partial charge in [-0.2, -0.15) is 10.2 Å². The molecule has 0 radical (unpaired) electrons. The summed E-state index contributed by atoms with van der Waals surface area (Å²) in [6.45, 7) is 3.75. The molecule has 1 aromatic carbocycles. The van der Waals surface area contributed by atoms with Crippen LogP contribution < -0.4 is 0 Å².